The number of hydrogen-bond donors (Lipinski definition) is 1. The third-order valence-electron chi connectivity index (χ3n) is 4.53. The zero-order valence-corrected chi connectivity index (χ0v) is 15.8. The maximum atomic E-state index is 12.7. The fraction of sp³-hybridized carbons (Fsp3) is 0.368. The SMILES string of the molecule is O=C(CCN1CCN(c2ncc(C(F)(F)F)cc2Cl)CC1)Nc1ccccc1. The Hall–Kier alpha value is -2.32. The minimum Gasteiger partial charge on any atom is -0.353 e. The molecule has 0 atom stereocenters. The molecule has 0 aliphatic carbocycles. The van der Waals surface area contributed by atoms with Gasteiger partial charge in [0.2, 0.25) is 5.91 Å². The van der Waals surface area contributed by atoms with Crippen LogP contribution in [0.5, 0.6) is 0 Å². The Bertz CT molecular complexity index is 809. The Morgan fingerprint density at radius 2 is 1.82 bits per heavy atom. The van der Waals surface area contributed by atoms with Gasteiger partial charge in [-0.3, -0.25) is 9.69 Å². The van der Waals surface area contributed by atoms with Crippen LogP contribution in [0.25, 0.3) is 0 Å². The lowest BCUT2D eigenvalue weighted by Crippen LogP contribution is -2.47. The van der Waals surface area contributed by atoms with E-state index in [1.165, 1.54) is 0 Å². The van der Waals surface area contributed by atoms with E-state index >= 15 is 0 Å². The summed E-state index contributed by atoms with van der Waals surface area (Å²) in [4.78, 5) is 19.9. The van der Waals surface area contributed by atoms with Crippen molar-refractivity contribution in [2.45, 2.75) is 12.6 Å². The van der Waals surface area contributed by atoms with E-state index in [0.717, 1.165) is 18.0 Å². The van der Waals surface area contributed by atoms with Crippen LogP contribution in [-0.4, -0.2) is 48.5 Å². The van der Waals surface area contributed by atoms with Crippen LogP contribution in [0, 0.1) is 0 Å². The van der Waals surface area contributed by atoms with Crippen molar-refractivity contribution in [2.24, 2.45) is 0 Å². The number of aromatic nitrogens is 1. The number of rotatable bonds is 5. The highest BCUT2D eigenvalue weighted by atomic mass is 35.5. The first kappa shape index (κ1) is 20.4. The van der Waals surface area contributed by atoms with E-state index in [1.54, 1.807) is 0 Å². The molecule has 0 spiro atoms. The van der Waals surface area contributed by atoms with Crippen LogP contribution in [0.15, 0.2) is 42.6 Å². The molecule has 1 fully saturated rings. The van der Waals surface area contributed by atoms with Gasteiger partial charge in [-0.1, -0.05) is 29.8 Å². The van der Waals surface area contributed by atoms with E-state index in [-0.39, 0.29) is 10.9 Å². The van der Waals surface area contributed by atoms with Crippen molar-refractivity contribution in [3.63, 3.8) is 0 Å². The van der Waals surface area contributed by atoms with Crippen LogP contribution in [-0.2, 0) is 11.0 Å². The first-order chi connectivity index (χ1) is 13.3. The number of carbonyl (C=O) groups excluding carboxylic acids is 1. The summed E-state index contributed by atoms with van der Waals surface area (Å²) in [5.41, 5.74) is -0.0929. The van der Waals surface area contributed by atoms with Gasteiger partial charge in [0.25, 0.3) is 0 Å². The Morgan fingerprint density at radius 1 is 1.14 bits per heavy atom. The summed E-state index contributed by atoms with van der Waals surface area (Å²) in [6.45, 7) is 3.13. The zero-order chi connectivity index (χ0) is 20.1. The van der Waals surface area contributed by atoms with E-state index in [1.807, 2.05) is 35.2 Å². The Kier molecular flexibility index (Phi) is 6.41. The molecule has 1 saturated heterocycles. The summed E-state index contributed by atoms with van der Waals surface area (Å²) in [7, 11) is 0. The smallest absolute Gasteiger partial charge is 0.353 e. The van der Waals surface area contributed by atoms with Crippen molar-refractivity contribution < 1.29 is 18.0 Å². The van der Waals surface area contributed by atoms with E-state index in [9.17, 15) is 18.0 Å². The van der Waals surface area contributed by atoms with E-state index in [2.05, 4.69) is 15.2 Å². The molecule has 150 valence electrons. The summed E-state index contributed by atoms with van der Waals surface area (Å²) < 4.78 is 38.2. The van der Waals surface area contributed by atoms with E-state index in [0.29, 0.717) is 45.0 Å². The standard InChI is InChI=1S/C19H20ClF3N4O/c20-16-12-14(19(21,22)23)13-24-18(16)27-10-8-26(9-11-27)7-6-17(28)25-15-4-2-1-3-5-15/h1-5,12-13H,6-11H2,(H,25,28). The van der Waals surface area contributed by atoms with Gasteiger partial charge in [-0.25, -0.2) is 4.98 Å². The number of anilines is 2. The molecule has 1 aliphatic rings. The minimum atomic E-state index is -4.46. The van der Waals surface area contributed by atoms with Gasteiger partial charge in [0.15, 0.2) is 0 Å². The average molecular weight is 413 g/mol. The summed E-state index contributed by atoms with van der Waals surface area (Å²) in [5.74, 6) is 0.303. The van der Waals surface area contributed by atoms with Crippen molar-refractivity contribution in [1.29, 1.82) is 0 Å². The van der Waals surface area contributed by atoms with Gasteiger partial charge in [0, 0.05) is 51.0 Å². The number of nitrogens with zero attached hydrogens (tertiary/aromatic N) is 3. The number of carbonyl (C=O) groups is 1. The molecule has 5 nitrogen and oxygen atoms in total. The quantitative estimate of drug-likeness (QED) is 0.809. The molecule has 2 aromatic rings. The number of amides is 1. The molecule has 1 aromatic carbocycles. The van der Waals surface area contributed by atoms with Gasteiger partial charge in [0.1, 0.15) is 5.82 Å². The maximum Gasteiger partial charge on any atom is 0.417 e. The van der Waals surface area contributed by atoms with Crippen molar-refractivity contribution in [3.8, 4) is 0 Å². The molecule has 1 aliphatic heterocycles. The molecule has 2 heterocycles. The Balaban J connectivity index is 1.47. The Morgan fingerprint density at radius 3 is 2.43 bits per heavy atom. The predicted octanol–water partition coefficient (Wildman–Crippen LogP) is 3.90. The lowest BCUT2D eigenvalue weighted by molar-refractivity contribution is -0.137. The maximum absolute atomic E-state index is 12.7. The Labute approximate surface area is 166 Å². The van der Waals surface area contributed by atoms with Crippen LogP contribution in [0.2, 0.25) is 5.02 Å². The van der Waals surface area contributed by atoms with Crippen molar-refractivity contribution in [1.82, 2.24) is 9.88 Å². The number of pyridine rings is 1. The molecule has 1 amide bonds. The fourth-order valence-electron chi connectivity index (χ4n) is 3.01. The molecule has 1 N–H and O–H groups in total. The highest BCUT2D eigenvalue weighted by Gasteiger charge is 2.32. The van der Waals surface area contributed by atoms with Crippen LogP contribution in [0.1, 0.15) is 12.0 Å². The fourth-order valence-corrected chi connectivity index (χ4v) is 3.29. The van der Waals surface area contributed by atoms with Gasteiger partial charge >= 0.3 is 6.18 Å². The highest BCUT2D eigenvalue weighted by molar-refractivity contribution is 6.33. The number of benzene rings is 1. The molecule has 28 heavy (non-hydrogen) atoms. The van der Waals surface area contributed by atoms with Gasteiger partial charge in [0.05, 0.1) is 10.6 Å². The van der Waals surface area contributed by atoms with Crippen LogP contribution < -0.4 is 10.2 Å². The van der Waals surface area contributed by atoms with E-state index in [4.69, 9.17) is 11.6 Å². The number of nitrogens with one attached hydrogen (secondary N) is 1. The summed E-state index contributed by atoms with van der Waals surface area (Å²) >= 11 is 6.01. The minimum absolute atomic E-state index is 0.00878. The number of alkyl halides is 3. The third kappa shape index (κ3) is 5.36. The first-order valence-corrected chi connectivity index (χ1v) is 9.25. The largest absolute Gasteiger partial charge is 0.417 e. The molecule has 0 saturated carbocycles. The van der Waals surface area contributed by atoms with Crippen LogP contribution in [0.3, 0.4) is 0 Å². The predicted molar refractivity (Wildman–Crippen MR) is 103 cm³/mol. The molecule has 0 bridgehead atoms. The van der Waals surface area contributed by atoms with Crippen molar-refractivity contribution in [2.75, 3.05) is 42.9 Å². The number of halogens is 4. The van der Waals surface area contributed by atoms with Crippen LogP contribution >= 0.6 is 11.6 Å². The number of hydrogen-bond acceptors (Lipinski definition) is 4. The highest BCUT2D eigenvalue weighted by Crippen LogP contribution is 2.33. The topological polar surface area (TPSA) is 48.5 Å². The molecule has 0 unspecified atom stereocenters. The summed E-state index contributed by atoms with van der Waals surface area (Å²) in [5, 5.41) is 2.84. The van der Waals surface area contributed by atoms with E-state index < -0.39 is 11.7 Å². The lowest BCUT2D eigenvalue weighted by Gasteiger charge is -2.35. The van der Waals surface area contributed by atoms with Crippen LogP contribution in [0.4, 0.5) is 24.7 Å². The number of piperazine rings is 1. The second-order valence-corrected chi connectivity index (χ2v) is 6.93. The van der Waals surface area contributed by atoms with Crippen molar-refractivity contribution >= 4 is 29.0 Å². The molecular weight excluding hydrogens is 393 g/mol. The second kappa shape index (κ2) is 8.79. The monoisotopic (exact) mass is 412 g/mol. The van der Waals surface area contributed by atoms with Gasteiger partial charge in [-0.2, -0.15) is 13.2 Å². The first-order valence-electron chi connectivity index (χ1n) is 8.88. The zero-order valence-electron chi connectivity index (χ0n) is 15.0. The van der Waals surface area contributed by atoms with Crippen molar-refractivity contribution in [3.05, 3.63) is 53.2 Å². The van der Waals surface area contributed by atoms with Gasteiger partial charge < -0.3 is 10.2 Å². The summed E-state index contributed by atoms with van der Waals surface area (Å²) in [6.07, 6.45) is -3.29. The molecule has 9 heteroatoms. The second-order valence-electron chi connectivity index (χ2n) is 6.52. The van der Waals surface area contributed by atoms with Gasteiger partial charge in [-0.05, 0) is 18.2 Å². The molecular formula is C19H20ClF3N4O. The molecule has 1 aromatic heterocycles. The average Bonchev–Trinajstić information content (AvgIpc) is 2.67. The summed E-state index contributed by atoms with van der Waals surface area (Å²) in [6, 6.07) is 10.2. The lowest BCUT2D eigenvalue weighted by atomic mass is 10.2. The number of para-hydroxylation sites is 1. The van der Waals surface area contributed by atoms with Gasteiger partial charge in [-0.15, -0.1) is 0 Å². The molecule has 0 radical (unpaired) electrons. The molecule has 3 rings (SSSR count). The normalized spacial score (nSPS) is 15.5. The third-order valence-corrected chi connectivity index (χ3v) is 4.81.